The summed E-state index contributed by atoms with van der Waals surface area (Å²) in [4.78, 5) is 26.5. The normalized spacial score (nSPS) is 49.6. The van der Waals surface area contributed by atoms with Crippen LogP contribution < -0.4 is 0 Å². The second kappa shape index (κ2) is 7.27. The van der Waals surface area contributed by atoms with Gasteiger partial charge in [-0.1, -0.05) is 47.1 Å². The zero-order valence-corrected chi connectivity index (χ0v) is 23.1. The van der Waals surface area contributed by atoms with Gasteiger partial charge >= 0.3 is 5.97 Å². The SMILES string of the molecule is CC1(C)C(O)=C(C#N)C[C@]2(C)C3=CC(=O)[C@@H]4[C@@H]5C[C@@](C)(C(=O)O)CC[C@]5(C)CC[C@@]4(C)[C@]3(C)CCC12. The molecule has 2 N–H and O–H groups in total. The first-order valence-corrected chi connectivity index (χ1v) is 13.8. The zero-order chi connectivity index (χ0) is 26.7. The zero-order valence-electron chi connectivity index (χ0n) is 23.1. The molecule has 5 aliphatic rings. The van der Waals surface area contributed by atoms with E-state index in [1.54, 1.807) is 0 Å². The average Bonchev–Trinajstić information content (AvgIpc) is 2.79. The summed E-state index contributed by atoms with van der Waals surface area (Å²) in [5.74, 6) is -0.344. The number of aliphatic hydroxyl groups is 1. The van der Waals surface area contributed by atoms with Crippen LogP contribution in [-0.2, 0) is 9.59 Å². The molecule has 36 heavy (non-hydrogen) atoms. The first-order chi connectivity index (χ1) is 16.5. The van der Waals surface area contributed by atoms with E-state index >= 15 is 0 Å². The smallest absolute Gasteiger partial charge is 0.309 e. The van der Waals surface area contributed by atoms with Crippen molar-refractivity contribution in [2.24, 2.45) is 50.2 Å². The molecule has 0 radical (unpaired) electrons. The first-order valence-electron chi connectivity index (χ1n) is 13.8. The lowest BCUT2D eigenvalue weighted by atomic mass is 9.34. The van der Waals surface area contributed by atoms with Crippen LogP contribution in [0.1, 0.15) is 99.8 Å². The van der Waals surface area contributed by atoms with E-state index in [0.717, 1.165) is 32.1 Å². The number of allylic oxidation sites excluding steroid dienone is 4. The highest BCUT2D eigenvalue weighted by molar-refractivity contribution is 5.95. The molecule has 0 amide bonds. The van der Waals surface area contributed by atoms with Crippen LogP contribution in [0.15, 0.2) is 23.0 Å². The van der Waals surface area contributed by atoms with Gasteiger partial charge in [0.15, 0.2) is 5.78 Å². The molecule has 0 aromatic heterocycles. The highest BCUT2D eigenvalue weighted by Gasteiger charge is 2.69. The number of carbonyl (C=O) groups excluding carboxylic acids is 1. The molecular formula is C31H43NO4. The lowest BCUT2D eigenvalue weighted by molar-refractivity contribution is -0.179. The molecule has 196 valence electrons. The molecule has 0 spiro atoms. The summed E-state index contributed by atoms with van der Waals surface area (Å²) in [6, 6.07) is 2.28. The van der Waals surface area contributed by atoms with Crippen molar-refractivity contribution in [3.63, 3.8) is 0 Å². The Kier molecular flexibility index (Phi) is 5.16. The Morgan fingerprint density at radius 3 is 2.28 bits per heavy atom. The van der Waals surface area contributed by atoms with Crippen molar-refractivity contribution < 1.29 is 19.8 Å². The van der Waals surface area contributed by atoms with Crippen LogP contribution >= 0.6 is 0 Å². The fourth-order valence-corrected chi connectivity index (χ4v) is 10.2. The summed E-state index contributed by atoms with van der Waals surface area (Å²) < 4.78 is 0. The fourth-order valence-electron chi connectivity index (χ4n) is 10.2. The van der Waals surface area contributed by atoms with Gasteiger partial charge in [-0.15, -0.1) is 0 Å². The molecule has 3 fully saturated rings. The number of aliphatic hydroxyl groups excluding tert-OH is 1. The highest BCUT2D eigenvalue weighted by Crippen LogP contribution is 2.75. The van der Waals surface area contributed by atoms with Gasteiger partial charge in [-0.3, -0.25) is 9.59 Å². The maximum atomic E-state index is 14.3. The summed E-state index contributed by atoms with van der Waals surface area (Å²) in [7, 11) is 0. The number of carbonyl (C=O) groups is 2. The number of carboxylic acids is 1. The summed E-state index contributed by atoms with van der Waals surface area (Å²) in [5, 5.41) is 30.9. The molecule has 3 saturated carbocycles. The molecule has 0 aliphatic heterocycles. The Hall–Kier alpha value is -2.09. The largest absolute Gasteiger partial charge is 0.511 e. The van der Waals surface area contributed by atoms with E-state index in [2.05, 4.69) is 33.8 Å². The van der Waals surface area contributed by atoms with Crippen LogP contribution in [0.3, 0.4) is 0 Å². The molecule has 0 bridgehead atoms. The van der Waals surface area contributed by atoms with Crippen LogP contribution in [0, 0.1) is 61.6 Å². The van der Waals surface area contributed by atoms with Gasteiger partial charge in [0.05, 0.1) is 17.1 Å². The third kappa shape index (κ3) is 2.88. The van der Waals surface area contributed by atoms with Gasteiger partial charge in [0, 0.05) is 11.3 Å². The molecule has 0 saturated heterocycles. The Balaban J connectivity index is 1.66. The molecule has 5 aliphatic carbocycles. The molecule has 5 rings (SSSR count). The molecule has 1 unspecified atom stereocenters. The van der Waals surface area contributed by atoms with E-state index in [1.807, 2.05) is 26.8 Å². The number of nitrogens with zero attached hydrogens (tertiary/aromatic N) is 1. The van der Waals surface area contributed by atoms with Crippen molar-refractivity contribution in [1.82, 2.24) is 0 Å². The monoisotopic (exact) mass is 493 g/mol. The number of aliphatic carboxylic acids is 1. The summed E-state index contributed by atoms with van der Waals surface area (Å²) in [6.45, 7) is 15.1. The van der Waals surface area contributed by atoms with Gasteiger partial charge in [-0.05, 0) is 97.9 Å². The highest BCUT2D eigenvalue weighted by atomic mass is 16.4. The van der Waals surface area contributed by atoms with E-state index in [-0.39, 0.29) is 51.0 Å². The van der Waals surface area contributed by atoms with Crippen LogP contribution in [0.25, 0.3) is 0 Å². The molecule has 0 aromatic carbocycles. The Labute approximate surface area is 216 Å². The molecular weight excluding hydrogens is 450 g/mol. The number of ketones is 1. The van der Waals surface area contributed by atoms with E-state index in [9.17, 15) is 25.1 Å². The molecule has 8 atom stereocenters. The van der Waals surface area contributed by atoms with Crippen LogP contribution in [0.5, 0.6) is 0 Å². The molecule has 5 heteroatoms. The Bertz CT molecular complexity index is 1160. The van der Waals surface area contributed by atoms with Crippen molar-refractivity contribution in [3.05, 3.63) is 23.0 Å². The quantitative estimate of drug-likeness (QED) is 0.410. The number of hydrogen-bond acceptors (Lipinski definition) is 4. The van der Waals surface area contributed by atoms with Gasteiger partial charge in [0.2, 0.25) is 0 Å². The number of carboxylic acid groups (broad SMARTS) is 1. The average molecular weight is 494 g/mol. The van der Waals surface area contributed by atoms with Crippen LogP contribution in [0.4, 0.5) is 0 Å². The first kappa shape index (κ1) is 25.6. The van der Waals surface area contributed by atoms with Crippen LogP contribution in [-0.4, -0.2) is 22.0 Å². The van der Waals surface area contributed by atoms with Gasteiger partial charge in [-0.2, -0.15) is 5.26 Å². The van der Waals surface area contributed by atoms with Crippen molar-refractivity contribution in [1.29, 1.82) is 5.26 Å². The fraction of sp³-hybridized carbons (Fsp3) is 0.774. The minimum absolute atomic E-state index is 0.00700. The van der Waals surface area contributed by atoms with Gasteiger partial charge in [0.1, 0.15) is 5.76 Å². The summed E-state index contributed by atoms with van der Waals surface area (Å²) >= 11 is 0. The Morgan fingerprint density at radius 1 is 1.03 bits per heavy atom. The maximum absolute atomic E-state index is 14.3. The van der Waals surface area contributed by atoms with Crippen molar-refractivity contribution in [2.45, 2.75) is 99.8 Å². The number of hydrogen-bond donors (Lipinski definition) is 2. The number of fused-ring (bicyclic) bond motifs is 7. The van der Waals surface area contributed by atoms with E-state index in [0.29, 0.717) is 24.8 Å². The van der Waals surface area contributed by atoms with E-state index < -0.39 is 16.8 Å². The number of rotatable bonds is 1. The second-order valence-corrected chi connectivity index (χ2v) is 14.9. The van der Waals surface area contributed by atoms with Crippen LogP contribution in [0.2, 0.25) is 0 Å². The summed E-state index contributed by atoms with van der Waals surface area (Å²) in [5.41, 5.74) is -0.545. The maximum Gasteiger partial charge on any atom is 0.309 e. The van der Waals surface area contributed by atoms with Gasteiger partial charge in [-0.25, -0.2) is 0 Å². The third-order valence-corrected chi connectivity index (χ3v) is 12.8. The molecule has 0 heterocycles. The third-order valence-electron chi connectivity index (χ3n) is 12.8. The van der Waals surface area contributed by atoms with Gasteiger partial charge < -0.3 is 10.2 Å². The standard InChI is InChI=1S/C31H43NO4/c1-26(2)21-8-9-30(6)22(29(21,5)15-18(17-32)24(26)34)14-20(33)23-19-16-28(4,25(35)36)11-10-27(19,3)12-13-31(23,30)7/h14,19,21,23,34H,8-13,15-16H2,1-7H3,(H,35,36)/t19-,21?,23-,27+,28-,29-,30+,31+/m0/s1. The van der Waals surface area contributed by atoms with Crippen molar-refractivity contribution in [2.75, 3.05) is 0 Å². The lowest BCUT2D eigenvalue weighted by Crippen LogP contribution is -2.64. The summed E-state index contributed by atoms with van der Waals surface area (Å²) in [6.07, 6.45) is 8.36. The predicted octanol–water partition coefficient (Wildman–Crippen LogP) is 7.00. The molecule has 0 aromatic rings. The lowest BCUT2D eigenvalue weighted by Gasteiger charge is -2.69. The Morgan fingerprint density at radius 2 is 1.67 bits per heavy atom. The van der Waals surface area contributed by atoms with E-state index in [4.69, 9.17) is 0 Å². The van der Waals surface area contributed by atoms with Crippen molar-refractivity contribution in [3.8, 4) is 6.07 Å². The molecule has 5 nitrogen and oxygen atoms in total. The topological polar surface area (TPSA) is 98.4 Å². The second-order valence-electron chi connectivity index (χ2n) is 14.9. The van der Waals surface area contributed by atoms with E-state index in [1.165, 1.54) is 5.57 Å². The number of nitriles is 1. The minimum Gasteiger partial charge on any atom is -0.511 e. The van der Waals surface area contributed by atoms with Crippen molar-refractivity contribution >= 4 is 11.8 Å². The van der Waals surface area contributed by atoms with Gasteiger partial charge in [0.25, 0.3) is 0 Å². The minimum atomic E-state index is -0.783. The predicted molar refractivity (Wildman–Crippen MR) is 138 cm³/mol.